The largest absolute Gasteiger partial charge is 0.378 e. The van der Waals surface area contributed by atoms with Crippen molar-refractivity contribution >= 4 is 17.4 Å². The fourth-order valence-corrected chi connectivity index (χ4v) is 2.58. The topological polar surface area (TPSA) is 54.5 Å². The molecule has 0 saturated carbocycles. The summed E-state index contributed by atoms with van der Waals surface area (Å²) >= 11 is 0. The van der Waals surface area contributed by atoms with E-state index >= 15 is 0 Å². The minimum atomic E-state index is -0.0134. The van der Waals surface area contributed by atoms with Crippen LogP contribution in [0.15, 0.2) is 48.7 Å². The van der Waals surface area contributed by atoms with Crippen LogP contribution in [-0.2, 0) is 16.0 Å². The molecule has 0 bridgehead atoms. The van der Waals surface area contributed by atoms with Gasteiger partial charge in [-0.3, -0.25) is 4.79 Å². The van der Waals surface area contributed by atoms with E-state index in [2.05, 4.69) is 15.2 Å². The van der Waals surface area contributed by atoms with Gasteiger partial charge >= 0.3 is 0 Å². The van der Waals surface area contributed by atoms with Gasteiger partial charge in [0.05, 0.1) is 25.1 Å². The molecule has 0 spiro atoms. The van der Waals surface area contributed by atoms with E-state index in [1.54, 1.807) is 6.20 Å². The summed E-state index contributed by atoms with van der Waals surface area (Å²) in [6, 6.07) is 13.9. The average Bonchev–Trinajstić information content (AvgIpc) is 2.62. The zero-order valence-corrected chi connectivity index (χ0v) is 13.1. The number of carbonyl (C=O) groups is 1. The van der Waals surface area contributed by atoms with E-state index in [1.807, 2.05) is 42.5 Å². The third-order valence-electron chi connectivity index (χ3n) is 3.88. The summed E-state index contributed by atoms with van der Waals surface area (Å²) in [5.74, 6) is 0.584. The van der Waals surface area contributed by atoms with Crippen LogP contribution < -0.4 is 10.2 Å². The summed E-state index contributed by atoms with van der Waals surface area (Å²) in [5, 5.41) is 2.85. The molecule has 5 nitrogen and oxygen atoms in total. The number of nitrogens with zero attached hydrogens (tertiary/aromatic N) is 2. The van der Waals surface area contributed by atoms with Gasteiger partial charge in [-0.05, 0) is 24.1 Å². The maximum absolute atomic E-state index is 12.0. The second-order valence-corrected chi connectivity index (χ2v) is 5.53. The Morgan fingerprint density at radius 1 is 1.13 bits per heavy atom. The molecular weight excluding hydrogens is 290 g/mol. The molecule has 1 aliphatic rings. The Morgan fingerprint density at radius 2 is 1.91 bits per heavy atom. The van der Waals surface area contributed by atoms with Crippen molar-refractivity contribution in [1.29, 1.82) is 0 Å². The van der Waals surface area contributed by atoms with Crippen LogP contribution in [0.4, 0.5) is 11.5 Å². The van der Waals surface area contributed by atoms with Gasteiger partial charge in [-0.1, -0.05) is 30.3 Å². The number of hydrogen-bond acceptors (Lipinski definition) is 4. The van der Waals surface area contributed by atoms with Gasteiger partial charge in [0.15, 0.2) is 0 Å². The number of aromatic nitrogens is 1. The number of hydrogen-bond donors (Lipinski definition) is 1. The molecule has 0 radical (unpaired) electrons. The summed E-state index contributed by atoms with van der Waals surface area (Å²) in [7, 11) is 0. The number of pyridine rings is 1. The Balaban J connectivity index is 1.50. The van der Waals surface area contributed by atoms with Crippen molar-refractivity contribution in [2.45, 2.75) is 12.8 Å². The van der Waals surface area contributed by atoms with E-state index in [-0.39, 0.29) is 5.91 Å². The van der Waals surface area contributed by atoms with Crippen molar-refractivity contribution < 1.29 is 9.53 Å². The molecule has 0 aliphatic carbocycles. The second-order valence-electron chi connectivity index (χ2n) is 5.53. The predicted molar refractivity (Wildman–Crippen MR) is 90.7 cm³/mol. The van der Waals surface area contributed by atoms with E-state index in [1.165, 1.54) is 5.56 Å². The SMILES string of the molecule is O=C(CCc1ccccc1)Nc1ccc(N2CCOCC2)cn1. The van der Waals surface area contributed by atoms with Gasteiger partial charge in [0, 0.05) is 19.5 Å². The highest BCUT2D eigenvalue weighted by atomic mass is 16.5. The molecule has 1 N–H and O–H groups in total. The number of anilines is 2. The predicted octanol–water partition coefficient (Wildman–Crippen LogP) is 2.49. The summed E-state index contributed by atoms with van der Waals surface area (Å²) in [6.07, 6.45) is 2.99. The van der Waals surface area contributed by atoms with E-state index in [9.17, 15) is 4.79 Å². The van der Waals surface area contributed by atoms with E-state index in [0.29, 0.717) is 12.2 Å². The first-order valence-corrected chi connectivity index (χ1v) is 7.94. The van der Waals surface area contributed by atoms with E-state index in [4.69, 9.17) is 4.74 Å². The lowest BCUT2D eigenvalue weighted by molar-refractivity contribution is -0.116. The van der Waals surface area contributed by atoms with Gasteiger partial charge in [-0.25, -0.2) is 4.98 Å². The number of nitrogens with one attached hydrogen (secondary N) is 1. The number of ether oxygens (including phenoxy) is 1. The van der Waals surface area contributed by atoms with Crippen LogP contribution in [0, 0.1) is 0 Å². The molecule has 1 aliphatic heterocycles. The Bertz CT molecular complexity index is 622. The highest BCUT2D eigenvalue weighted by molar-refractivity contribution is 5.89. The highest BCUT2D eigenvalue weighted by Gasteiger charge is 2.11. The molecule has 3 rings (SSSR count). The maximum atomic E-state index is 12.0. The number of rotatable bonds is 5. The number of amides is 1. The van der Waals surface area contributed by atoms with Crippen LogP contribution in [0.2, 0.25) is 0 Å². The number of carbonyl (C=O) groups excluding carboxylic acids is 1. The molecular formula is C18H21N3O2. The van der Waals surface area contributed by atoms with Crippen LogP contribution >= 0.6 is 0 Å². The Morgan fingerprint density at radius 3 is 2.61 bits per heavy atom. The van der Waals surface area contributed by atoms with Gasteiger partial charge in [-0.15, -0.1) is 0 Å². The Hall–Kier alpha value is -2.40. The third kappa shape index (κ3) is 4.53. The van der Waals surface area contributed by atoms with Gasteiger partial charge in [-0.2, -0.15) is 0 Å². The fraction of sp³-hybridized carbons (Fsp3) is 0.333. The fourth-order valence-electron chi connectivity index (χ4n) is 2.58. The van der Waals surface area contributed by atoms with Gasteiger partial charge < -0.3 is 15.0 Å². The standard InChI is InChI=1S/C18H21N3O2/c22-18(9-6-15-4-2-1-3-5-15)20-17-8-7-16(14-19-17)21-10-12-23-13-11-21/h1-5,7-8,14H,6,9-13H2,(H,19,20,22). The quantitative estimate of drug-likeness (QED) is 0.922. The normalized spacial score (nSPS) is 14.5. The average molecular weight is 311 g/mol. The van der Waals surface area contributed by atoms with Crippen molar-refractivity contribution in [2.24, 2.45) is 0 Å². The molecule has 2 aromatic rings. The zero-order valence-electron chi connectivity index (χ0n) is 13.1. The molecule has 2 heterocycles. The molecule has 23 heavy (non-hydrogen) atoms. The minimum absolute atomic E-state index is 0.0134. The Labute approximate surface area is 136 Å². The van der Waals surface area contributed by atoms with E-state index in [0.717, 1.165) is 38.4 Å². The first kappa shape index (κ1) is 15.5. The van der Waals surface area contributed by atoms with Crippen molar-refractivity contribution in [1.82, 2.24) is 4.98 Å². The lowest BCUT2D eigenvalue weighted by Crippen LogP contribution is -2.36. The lowest BCUT2D eigenvalue weighted by Gasteiger charge is -2.28. The van der Waals surface area contributed by atoms with Gasteiger partial charge in [0.25, 0.3) is 0 Å². The molecule has 5 heteroatoms. The van der Waals surface area contributed by atoms with Crippen LogP contribution in [0.3, 0.4) is 0 Å². The first-order valence-electron chi connectivity index (χ1n) is 7.94. The summed E-state index contributed by atoms with van der Waals surface area (Å²) in [6.45, 7) is 3.25. The molecule has 1 saturated heterocycles. The van der Waals surface area contributed by atoms with Gasteiger partial charge in [0.2, 0.25) is 5.91 Å². The van der Waals surface area contributed by atoms with E-state index < -0.39 is 0 Å². The van der Waals surface area contributed by atoms with Crippen molar-refractivity contribution in [3.05, 3.63) is 54.2 Å². The lowest BCUT2D eigenvalue weighted by atomic mass is 10.1. The van der Waals surface area contributed by atoms with Crippen LogP contribution in [0.5, 0.6) is 0 Å². The highest BCUT2D eigenvalue weighted by Crippen LogP contribution is 2.16. The van der Waals surface area contributed by atoms with Crippen LogP contribution in [-0.4, -0.2) is 37.2 Å². The maximum Gasteiger partial charge on any atom is 0.225 e. The summed E-state index contributed by atoms with van der Waals surface area (Å²) in [4.78, 5) is 18.6. The summed E-state index contributed by atoms with van der Waals surface area (Å²) in [5.41, 5.74) is 2.23. The van der Waals surface area contributed by atoms with Gasteiger partial charge in [0.1, 0.15) is 5.82 Å². The number of morpholine rings is 1. The zero-order chi connectivity index (χ0) is 15.9. The summed E-state index contributed by atoms with van der Waals surface area (Å²) < 4.78 is 5.34. The molecule has 1 fully saturated rings. The third-order valence-corrected chi connectivity index (χ3v) is 3.88. The van der Waals surface area contributed by atoms with Crippen molar-refractivity contribution in [3.63, 3.8) is 0 Å². The first-order chi connectivity index (χ1) is 11.3. The smallest absolute Gasteiger partial charge is 0.225 e. The molecule has 0 unspecified atom stereocenters. The Kier molecular flexibility index (Phi) is 5.21. The van der Waals surface area contributed by atoms with Crippen LogP contribution in [0.25, 0.3) is 0 Å². The molecule has 0 atom stereocenters. The number of aryl methyl sites for hydroxylation is 1. The minimum Gasteiger partial charge on any atom is -0.378 e. The molecule has 1 aromatic heterocycles. The monoisotopic (exact) mass is 311 g/mol. The van der Waals surface area contributed by atoms with Crippen molar-refractivity contribution in [3.8, 4) is 0 Å². The number of benzene rings is 1. The van der Waals surface area contributed by atoms with Crippen LogP contribution in [0.1, 0.15) is 12.0 Å². The molecule has 120 valence electrons. The second kappa shape index (κ2) is 7.74. The van der Waals surface area contributed by atoms with Crippen molar-refractivity contribution in [2.75, 3.05) is 36.5 Å². The molecule has 1 amide bonds. The molecule has 1 aromatic carbocycles.